The summed E-state index contributed by atoms with van der Waals surface area (Å²) in [6.45, 7) is 1.89. The van der Waals surface area contributed by atoms with Gasteiger partial charge in [-0.2, -0.15) is 0 Å². The molecule has 0 saturated heterocycles. The molecule has 4 rings (SSSR count). The van der Waals surface area contributed by atoms with Crippen LogP contribution in [0.3, 0.4) is 0 Å². The largest absolute Gasteiger partial charge is 0.305 e. The number of nitrogens with zero attached hydrogens (tertiary/aromatic N) is 5. The SMILES string of the molecule is Cc1cccc2nc(CSc3nnc(-c4ccc(Cl)cc4)n3C)cc(=O)n12. The summed E-state index contributed by atoms with van der Waals surface area (Å²) in [6.07, 6.45) is 0. The third-order valence-electron chi connectivity index (χ3n) is 4.22. The lowest BCUT2D eigenvalue weighted by Crippen LogP contribution is -2.17. The zero-order chi connectivity index (χ0) is 19.0. The highest BCUT2D eigenvalue weighted by Gasteiger charge is 2.12. The van der Waals surface area contributed by atoms with Crippen molar-refractivity contribution in [2.45, 2.75) is 17.8 Å². The molecule has 0 spiro atoms. The minimum atomic E-state index is -0.0754. The number of aromatic nitrogens is 5. The van der Waals surface area contributed by atoms with Crippen molar-refractivity contribution in [2.75, 3.05) is 0 Å². The number of benzene rings is 1. The lowest BCUT2D eigenvalue weighted by molar-refractivity contribution is 0.793. The van der Waals surface area contributed by atoms with Crippen LogP contribution in [0.15, 0.2) is 58.5 Å². The van der Waals surface area contributed by atoms with Gasteiger partial charge in [-0.3, -0.25) is 9.20 Å². The molecule has 0 saturated carbocycles. The predicted molar refractivity (Wildman–Crippen MR) is 107 cm³/mol. The quantitative estimate of drug-likeness (QED) is 0.491. The van der Waals surface area contributed by atoms with Gasteiger partial charge < -0.3 is 4.57 Å². The summed E-state index contributed by atoms with van der Waals surface area (Å²) in [7, 11) is 1.92. The molecule has 0 amide bonds. The van der Waals surface area contributed by atoms with Gasteiger partial charge in [-0.15, -0.1) is 10.2 Å². The highest BCUT2D eigenvalue weighted by Crippen LogP contribution is 2.25. The molecule has 0 bridgehead atoms. The van der Waals surface area contributed by atoms with Gasteiger partial charge in [0.15, 0.2) is 11.0 Å². The Morgan fingerprint density at radius 2 is 1.89 bits per heavy atom. The molecule has 3 heterocycles. The van der Waals surface area contributed by atoms with E-state index in [4.69, 9.17) is 11.6 Å². The van der Waals surface area contributed by atoms with Crippen LogP contribution in [0.2, 0.25) is 5.02 Å². The molecule has 0 radical (unpaired) electrons. The maximum Gasteiger partial charge on any atom is 0.258 e. The molecule has 0 unspecified atom stereocenters. The number of hydrogen-bond acceptors (Lipinski definition) is 5. The van der Waals surface area contributed by atoms with E-state index >= 15 is 0 Å². The third-order valence-corrected chi connectivity index (χ3v) is 5.53. The van der Waals surface area contributed by atoms with Crippen molar-refractivity contribution in [2.24, 2.45) is 7.05 Å². The molecule has 136 valence electrons. The molecule has 0 N–H and O–H groups in total. The van der Waals surface area contributed by atoms with Crippen LogP contribution < -0.4 is 5.56 Å². The number of halogens is 1. The van der Waals surface area contributed by atoms with Crippen molar-refractivity contribution < 1.29 is 0 Å². The van der Waals surface area contributed by atoms with Crippen molar-refractivity contribution in [3.05, 3.63) is 75.3 Å². The van der Waals surface area contributed by atoms with E-state index < -0.39 is 0 Å². The van der Waals surface area contributed by atoms with Gasteiger partial charge in [0, 0.05) is 35.1 Å². The van der Waals surface area contributed by atoms with Crippen LogP contribution in [0.25, 0.3) is 17.0 Å². The molecule has 1 aromatic carbocycles. The summed E-state index contributed by atoms with van der Waals surface area (Å²) in [6, 6.07) is 14.7. The second kappa shape index (κ2) is 7.17. The maximum atomic E-state index is 12.4. The van der Waals surface area contributed by atoms with Crippen LogP contribution in [0.1, 0.15) is 11.4 Å². The van der Waals surface area contributed by atoms with E-state index in [0.717, 1.165) is 22.2 Å². The van der Waals surface area contributed by atoms with Gasteiger partial charge in [0.2, 0.25) is 0 Å². The van der Waals surface area contributed by atoms with Crippen molar-refractivity contribution in [3.63, 3.8) is 0 Å². The van der Waals surface area contributed by atoms with Crippen LogP contribution in [0.4, 0.5) is 0 Å². The molecular formula is C19H16ClN5OS. The van der Waals surface area contributed by atoms with Crippen molar-refractivity contribution in [3.8, 4) is 11.4 Å². The van der Waals surface area contributed by atoms with E-state index in [0.29, 0.717) is 22.1 Å². The smallest absolute Gasteiger partial charge is 0.258 e. The van der Waals surface area contributed by atoms with Gasteiger partial charge in [0.1, 0.15) is 5.65 Å². The zero-order valence-electron chi connectivity index (χ0n) is 14.8. The molecule has 6 nitrogen and oxygen atoms in total. The van der Waals surface area contributed by atoms with Gasteiger partial charge >= 0.3 is 0 Å². The van der Waals surface area contributed by atoms with E-state index in [9.17, 15) is 4.79 Å². The van der Waals surface area contributed by atoms with E-state index in [1.165, 1.54) is 11.8 Å². The molecule has 27 heavy (non-hydrogen) atoms. The molecular weight excluding hydrogens is 382 g/mol. The Hall–Kier alpha value is -2.64. The topological polar surface area (TPSA) is 65.1 Å². The van der Waals surface area contributed by atoms with Gasteiger partial charge in [0.05, 0.1) is 5.69 Å². The molecule has 3 aromatic heterocycles. The first-order valence-corrected chi connectivity index (χ1v) is 9.66. The molecule has 0 atom stereocenters. The fourth-order valence-corrected chi connectivity index (χ4v) is 3.80. The summed E-state index contributed by atoms with van der Waals surface area (Å²) in [5.74, 6) is 1.29. The second-order valence-corrected chi connectivity index (χ2v) is 7.49. The number of thioether (sulfide) groups is 1. The summed E-state index contributed by atoms with van der Waals surface area (Å²) in [5, 5.41) is 9.97. The van der Waals surface area contributed by atoms with Gasteiger partial charge in [-0.1, -0.05) is 29.4 Å². The Balaban J connectivity index is 1.58. The molecule has 8 heteroatoms. The van der Waals surface area contributed by atoms with Crippen LogP contribution in [-0.4, -0.2) is 24.1 Å². The van der Waals surface area contributed by atoms with Crippen LogP contribution in [-0.2, 0) is 12.8 Å². The second-order valence-electron chi connectivity index (χ2n) is 6.11. The Morgan fingerprint density at radius 3 is 2.67 bits per heavy atom. The van der Waals surface area contributed by atoms with Gasteiger partial charge in [-0.05, 0) is 43.3 Å². The molecule has 0 aliphatic heterocycles. The Bertz CT molecular complexity index is 1180. The minimum absolute atomic E-state index is 0.0754. The van der Waals surface area contributed by atoms with Crippen LogP contribution in [0.5, 0.6) is 0 Å². The fraction of sp³-hybridized carbons (Fsp3) is 0.158. The van der Waals surface area contributed by atoms with Gasteiger partial charge in [-0.25, -0.2) is 4.98 Å². The molecule has 0 fully saturated rings. The monoisotopic (exact) mass is 397 g/mol. The normalized spacial score (nSPS) is 11.2. The van der Waals surface area contributed by atoms with E-state index in [1.807, 2.05) is 61.0 Å². The standard InChI is InChI=1S/C19H16ClN5OS/c1-12-4-3-5-16-21-15(10-17(26)25(12)16)11-27-19-23-22-18(24(19)2)13-6-8-14(20)9-7-13/h3-10H,11H2,1-2H3. The average Bonchev–Trinajstić information content (AvgIpc) is 3.01. The van der Waals surface area contributed by atoms with E-state index in [-0.39, 0.29) is 5.56 Å². The molecule has 0 aliphatic rings. The number of fused-ring (bicyclic) bond motifs is 1. The van der Waals surface area contributed by atoms with Crippen LogP contribution >= 0.6 is 23.4 Å². The van der Waals surface area contributed by atoms with Crippen molar-refractivity contribution in [1.29, 1.82) is 0 Å². The number of rotatable bonds is 4. The lowest BCUT2D eigenvalue weighted by Gasteiger charge is -2.07. The van der Waals surface area contributed by atoms with Crippen molar-refractivity contribution >= 4 is 29.0 Å². The lowest BCUT2D eigenvalue weighted by atomic mass is 10.2. The summed E-state index contributed by atoms with van der Waals surface area (Å²) >= 11 is 7.44. The van der Waals surface area contributed by atoms with E-state index in [2.05, 4.69) is 15.2 Å². The third kappa shape index (κ3) is 3.48. The van der Waals surface area contributed by atoms with Crippen LogP contribution in [0, 0.1) is 6.92 Å². The maximum absolute atomic E-state index is 12.4. The summed E-state index contributed by atoms with van der Waals surface area (Å²) in [5.41, 5.74) is 3.10. The number of hydrogen-bond donors (Lipinski definition) is 0. The fourth-order valence-electron chi connectivity index (χ4n) is 2.87. The highest BCUT2D eigenvalue weighted by atomic mass is 35.5. The average molecular weight is 398 g/mol. The first-order chi connectivity index (χ1) is 13.0. The zero-order valence-corrected chi connectivity index (χ0v) is 16.3. The molecule has 0 aliphatic carbocycles. The summed E-state index contributed by atoms with van der Waals surface area (Å²) < 4.78 is 3.53. The number of aryl methyl sites for hydroxylation is 1. The summed E-state index contributed by atoms with van der Waals surface area (Å²) in [4.78, 5) is 17.0. The highest BCUT2D eigenvalue weighted by molar-refractivity contribution is 7.98. The Labute approximate surface area is 164 Å². The van der Waals surface area contributed by atoms with E-state index in [1.54, 1.807) is 10.5 Å². The first-order valence-electron chi connectivity index (χ1n) is 8.29. The van der Waals surface area contributed by atoms with Gasteiger partial charge in [0.25, 0.3) is 5.56 Å². The molecule has 4 aromatic rings. The first kappa shape index (κ1) is 17.8. The van der Waals surface area contributed by atoms with Crippen molar-refractivity contribution in [1.82, 2.24) is 24.1 Å². The predicted octanol–water partition coefficient (Wildman–Crippen LogP) is 3.74. The Kier molecular flexibility index (Phi) is 4.72. The Morgan fingerprint density at radius 1 is 1.11 bits per heavy atom. The number of pyridine rings is 1. The minimum Gasteiger partial charge on any atom is -0.305 e.